The lowest BCUT2D eigenvalue weighted by molar-refractivity contribution is -0.115. The van der Waals surface area contributed by atoms with Crippen LogP contribution in [0.5, 0.6) is 0 Å². The standard InChI is InChI=1S/C30H25Cl2N3O2S/c1-3-35-27-7-5-4-6-23(27)25-17-21(11-15-28(25)35)34-29(36)18(2)38-22-12-9-20(10-13-22)33-30(37)24-14-8-19(31)16-26(24)32/h4-18H,3H2,1-2H3,(H,33,37)(H,34,36). The van der Waals surface area contributed by atoms with Gasteiger partial charge in [-0.15, -0.1) is 11.8 Å². The van der Waals surface area contributed by atoms with E-state index < -0.39 is 0 Å². The van der Waals surface area contributed by atoms with Gasteiger partial charge in [-0.05, 0) is 80.6 Å². The van der Waals surface area contributed by atoms with Crippen LogP contribution in [0.1, 0.15) is 24.2 Å². The highest BCUT2D eigenvalue weighted by Crippen LogP contribution is 2.32. The van der Waals surface area contributed by atoms with Crippen LogP contribution in [0.3, 0.4) is 0 Å². The molecule has 8 heteroatoms. The lowest BCUT2D eigenvalue weighted by Gasteiger charge is -2.13. The number of amides is 2. The first-order valence-corrected chi connectivity index (χ1v) is 13.8. The first kappa shape index (κ1) is 26.2. The molecule has 1 unspecified atom stereocenters. The SMILES string of the molecule is CCn1c2ccccc2c2cc(NC(=O)C(C)Sc3ccc(NC(=O)c4ccc(Cl)cc4Cl)cc3)ccc21. The third-order valence-corrected chi connectivity index (χ3v) is 7.99. The van der Waals surface area contributed by atoms with E-state index in [-0.39, 0.29) is 22.1 Å². The van der Waals surface area contributed by atoms with Crippen LogP contribution in [0.15, 0.2) is 89.8 Å². The first-order chi connectivity index (χ1) is 18.3. The molecule has 1 atom stereocenters. The van der Waals surface area contributed by atoms with Crippen LogP contribution in [0.4, 0.5) is 11.4 Å². The Morgan fingerprint density at radius 2 is 1.55 bits per heavy atom. The van der Waals surface area contributed by atoms with Gasteiger partial charge in [0.05, 0.1) is 15.8 Å². The summed E-state index contributed by atoms with van der Waals surface area (Å²) in [6, 6.07) is 26.5. The molecule has 0 aliphatic carbocycles. The maximum absolute atomic E-state index is 13.0. The van der Waals surface area contributed by atoms with E-state index in [0.717, 1.165) is 28.0 Å². The van der Waals surface area contributed by atoms with E-state index in [9.17, 15) is 9.59 Å². The van der Waals surface area contributed by atoms with Gasteiger partial charge in [0.1, 0.15) is 0 Å². The van der Waals surface area contributed by atoms with Crippen molar-refractivity contribution in [3.63, 3.8) is 0 Å². The molecular formula is C30H25Cl2N3O2S. The molecular weight excluding hydrogens is 537 g/mol. The molecule has 0 bridgehead atoms. The molecule has 5 aromatic rings. The number of carbonyl (C=O) groups is 2. The van der Waals surface area contributed by atoms with Crippen LogP contribution < -0.4 is 10.6 Å². The second-order valence-electron chi connectivity index (χ2n) is 8.85. The van der Waals surface area contributed by atoms with E-state index >= 15 is 0 Å². The molecule has 2 N–H and O–H groups in total. The van der Waals surface area contributed by atoms with Crippen LogP contribution in [0.25, 0.3) is 21.8 Å². The highest BCUT2D eigenvalue weighted by molar-refractivity contribution is 8.00. The zero-order valence-electron chi connectivity index (χ0n) is 20.8. The zero-order valence-corrected chi connectivity index (χ0v) is 23.1. The van der Waals surface area contributed by atoms with Gasteiger partial charge in [0.25, 0.3) is 5.91 Å². The quantitative estimate of drug-likeness (QED) is 0.196. The van der Waals surface area contributed by atoms with Crippen molar-refractivity contribution < 1.29 is 9.59 Å². The van der Waals surface area contributed by atoms with Crippen LogP contribution in [-0.4, -0.2) is 21.6 Å². The number of para-hydroxylation sites is 1. The molecule has 192 valence electrons. The summed E-state index contributed by atoms with van der Waals surface area (Å²) in [5.74, 6) is -0.401. The Hall–Kier alpha value is -3.45. The van der Waals surface area contributed by atoms with E-state index in [1.165, 1.54) is 28.7 Å². The fourth-order valence-corrected chi connectivity index (χ4v) is 5.82. The van der Waals surface area contributed by atoms with Gasteiger partial charge in [0, 0.05) is 49.6 Å². The Morgan fingerprint density at radius 1 is 0.842 bits per heavy atom. The van der Waals surface area contributed by atoms with E-state index in [1.807, 2.05) is 43.3 Å². The summed E-state index contributed by atoms with van der Waals surface area (Å²) in [6.45, 7) is 4.89. The molecule has 0 aliphatic rings. The Bertz CT molecular complexity index is 1660. The van der Waals surface area contributed by atoms with Crippen LogP contribution in [0, 0.1) is 0 Å². The van der Waals surface area contributed by atoms with Gasteiger partial charge in [-0.2, -0.15) is 0 Å². The highest BCUT2D eigenvalue weighted by atomic mass is 35.5. The lowest BCUT2D eigenvalue weighted by atomic mass is 10.1. The average molecular weight is 563 g/mol. The van der Waals surface area contributed by atoms with Gasteiger partial charge < -0.3 is 15.2 Å². The largest absolute Gasteiger partial charge is 0.341 e. The van der Waals surface area contributed by atoms with E-state index in [4.69, 9.17) is 23.2 Å². The molecule has 1 aromatic heterocycles. The summed E-state index contributed by atoms with van der Waals surface area (Å²) in [7, 11) is 0. The van der Waals surface area contributed by atoms with Crippen LogP contribution >= 0.6 is 35.0 Å². The summed E-state index contributed by atoms with van der Waals surface area (Å²) in [5.41, 5.74) is 4.08. The molecule has 4 aromatic carbocycles. The lowest BCUT2D eigenvalue weighted by Crippen LogP contribution is -2.22. The number of hydrogen-bond donors (Lipinski definition) is 2. The van der Waals surface area contributed by atoms with Crippen LogP contribution in [0.2, 0.25) is 10.0 Å². The van der Waals surface area contributed by atoms with Gasteiger partial charge in [0.15, 0.2) is 0 Å². The van der Waals surface area contributed by atoms with E-state index in [1.54, 1.807) is 24.3 Å². The highest BCUT2D eigenvalue weighted by Gasteiger charge is 2.17. The maximum atomic E-state index is 13.0. The fourth-order valence-electron chi connectivity index (χ4n) is 4.46. The summed E-state index contributed by atoms with van der Waals surface area (Å²) >= 11 is 13.5. The van der Waals surface area contributed by atoms with Crippen molar-refractivity contribution in [2.75, 3.05) is 10.6 Å². The number of thioether (sulfide) groups is 1. The Labute approximate surface area is 235 Å². The van der Waals surface area contributed by atoms with Crippen LogP contribution in [-0.2, 0) is 11.3 Å². The average Bonchev–Trinajstić information content (AvgIpc) is 3.22. The minimum absolute atomic E-state index is 0.0802. The number of rotatable bonds is 7. The number of carbonyl (C=O) groups excluding carboxylic acids is 2. The second kappa shape index (κ2) is 11.1. The van der Waals surface area contributed by atoms with Crippen molar-refractivity contribution in [3.8, 4) is 0 Å². The van der Waals surface area contributed by atoms with Gasteiger partial charge in [-0.25, -0.2) is 0 Å². The number of fused-ring (bicyclic) bond motifs is 3. The van der Waals surface area contributed by atoms with Gasteiger partial charge in [-0.1, -0.05) is 41.4 Å². The molecule has 5 rings (SSSR count). The number of benzene rings is 4. The fraction of sp³-hybridized carbons (Fsp3) is 0.133. The van der Waals surface area contributed by atoms with Crippen molar-refractivity contribution in [2.24, 2.45) is 0 Å². The second-order valence-corrected chi connectivity index (χ2v) is 11.1. The molecule has 0 radical (unpaired) electrons. The number of hydrogen-bond acceptors (Lipinski definition) is 3. The number of aryl methyl sites for hydroxylation is 1. The number of halogens is 2. The summed E-state index contributed by atoms with van der Waals surface area (Å²) in [6.07, 6.45) is 0. The molecule has 2 amide bonds. The Kier molecular flexibility index (Phi) is 7.65. The molecule has 38 heavy (non-hydrogen) atoms. The van der Waals surface area contributed by atoms with Gasteiger partial charge in [0.2, 0.25) is 5.91 Å². The first-order valence-electron chi connectivity index (χ1n) is 12.2. The minimum Gasteiger partial charge on any atom is -0.341 e. The topological polar surface area (TPSA) is 63.1 Å². The van der Waals surface area contributed by atoms with Gasteiger partial charge >= 0.3 is 0 Å². The number of nitrogens with one attached hydrogen (secondary N) is 2. The van der Waals surface area contributed by atoms with E-state index in [2.05, 4.69) is 40.3 Å². The Balaban J connectivity index is 1.24. The molecule has 0 aliphatic heterocycles. The van der Waals surface area contributed by atoms with Crippen molar-refractivity contribution >= 4 is 80.0 Å². The van der Waals surface area contributed by atoms with Crippen molar-refractivity contribution in [3.05, 3.63) is 101 Å². The Morgan fingerprint density at radius 3 is 2.29 bits per heavy atom. The number of aromatic nitrogens is 1. The number of anilines is 2. The third-order valence-electron chi connectivity index (χ3n) is 6.33. The maximum Gasteiger partial charge on any atom is 0.257 e. The van der Waals surface area contributed by atoms with Crippen molar-refractivity contribution in [2.45, 2.75) is 30.5 Å². The third kappa shape index (κ3) is 5.39. The van der Waals surface area contributed by atoms with E-state index in [0.29, 0.717) is 16.3 Å². The predicted molar refractivity (Wildman–Crippen MR) is 160 cm³/mol. The zero-order chi connectivity index (χ0) is 26.8. The molecule has 0 saturated heterocycles. The normalized spacial score (nSPS) is 12.0. The number of nitrogens with zero attached hydrogens (tertiary/aromatic N) is 1. The smallest absolute Gasteiger partial charge is 0.257 e. The molecule has 0 fully saturated rings. The molecule has 0 saturated carbocycles. The summed E-state index contributed by atoms with van der Waals surface area (Å²) < 4.78 is 2.28. The summed E-state index contributed by atoms with van der Waals surface area (Å²) in [5, 5.41) is 8.63. The summed E-state index contributed by atoms with van der Waals surface area (Å²) in [4.78, 5) is 26.4. The predicted octanol–water partition coefficient (Wildman–Crippen LogP) is 8.49. The van der Waals surface area contributed by atoms with Crippen molar-refractivity contribution in [1.82, 2.24) is 4.57 Å². The monoisotopic (exact) mass is 561 g/mol. The molecule has 5 nitrogen and oxygen atoms in total. The molecule has 0 spiro atoms. The van der Waals surface area contributed by atoms with Crippen molar-refractivity contribution in [1.29, 1.82) is 0 Å². The minimum atomic E-state index is -0.323. The molecule has 1 heterocycles. The van der Waals surface area contributed by atoms with Gasteiger partial charge in [-0.3, -0.25) is 9.59 Å².